The molecule has 3 aromatic rings. The largest absolute Gasteiger partial charge is 0.353 e. The van der Waals surface area contributed by atoms with Crippen molar-refractivity contribution in [1.82, 2.24) is 24.8 Å². The van der Waals surface area contributed by atoms with Crippen LogP contribution in [0.25, 0.3) is 10.9 Å². The summed E-state index contributed by atoms with van der Waals surface area (Å²) in [6, 6.07) is 12.0. The second-order valence-corrected chi connectivity index (χ2v) is 9.90. The van der Waals surface area contributed by atoms with E-state index >= 15 is 0 Å². The molecule has 0 bridgehead atoms. The van der Waals surface area contributed by atoms with Gasteiger partial charge in [-0.05, 0) is 26.0 Å². The van der Waals surface area contributed by atoms with Gasteiger partial charge in [-0.25, -0.2) is 4.98 Å². The summed E-state index contributed by atoms with van der Waals surface area (Å²) in [4.78, 5) is 47.0. The minimum Gasteiger partial charge on any atom is -0.353 e. The maximum absolute atomic E-state index is 12.2. The number of rotatable bonds is 6. The van der Waals surface area contributed by atoms with Crippen LogP contribution in [0.4, 0.5) is 11.8 Å². The van der Waals surface area contributed by atoms with Crippen LogP contribution in [0, 0.1) is 0 Å². The van der Waals surface area contributed by atoms with E-state index < -0.39 is 6.04 Å². The summed E-state index contributed by atoms with van der Waals surface area (Å²) in [5.41, 5.74) is 3.69. The highest BCUT2D eigenvalue weighted by molar-refractivity contribution is 5.78. The van der Waals surface area contributed by atoms with Crippen molar-refractivity contribution >= 4 is 34.9 Å². The number of anilines is 2. The molecule has 36 heavy (non-hydrogen) atoms. The third kappa shape index (κ3) is 4.51. The van der Waals surface area contributed by atoms with Crippen LogP contribution in [-0.2, 0) is 22.7 Å². The minimum absolute atomic E-state index is 0.0847. The fourth-order valence-electron chi connectivity index (χ4n) is 5.15. The smallest absolute Gasteiger partial charge is 0.227 e. The molecule has 4 heterocycles. The Bertz CT molecular complexity index is 1290. The van der Waals surface area contributed by atoms with E-state index in [9.17, 15) is 9.59 Å². The molecule has 1 atom stereocenters. The number of piperazine rings is 1. The first kappa shape index (κ1) is 24.1. The second-order valence-electron chi connectivity index (χ2n) is 9.90. The number of amides is 1. The fraction of sp³-hybridized carbons (Fsp3) is 0.444. The van der Waals surface area contributed by atoms with Gasteiger partial charge in [0.2, 0.25) is 11.9 Å². The number of aromatic nitrogens is 3. The Kier molecular flexibility index (Phi) is 6.57. The molecule has 0 spiro atoms. The van der Waals surface area contributed by atoms with Gasteiger partial charge in [-0.3, -0.25) is 14.7 Å². The number of hydrogen-bond donors (Lipinski definition) is 0. The van der Waals surface area contributed by atoms with Crippen molar-refractivity contribution in [2.75, 3.05) is 43.0 Å². The standard InChI is InChI=1S/C27H33N7O2/c1-18(2)34-16-22-25(24(34)17-35)29-27(33-13-11-32(12-14-33)19(3)36)30-26(22)31(4)15-21-10-9-20-7-5-6-8-23(20)28-21/h5-10,17-18,24H,11-16H2,1-4H3. The van der Waals surface area contributed by atoms with Gasteiger partial charge < -0.3 is 19.5 Å². The van der Waals surface area contributed by atoms with Gasteiger partial charge in [0.25, 0.3) is 0 Å². The number of aldehydes is 1. The van der Waals surface area contributed by atoms with Gasteiger partial charge in [0.15, 0.2) is 0 Å². The third-order valence-corrected chi connectivity index (χ3v) is 7.20. The number of carbonyl (C=O) groups excluding carboxylic acids is 2. The van der Waals surface area contributed by atoms with Crippen LogP contribution in [0.15, 0.2) is 36.4 Å². The van der Waals surface area contributed by atoms with Crippen LogP contribution < -0.4 is 9.80 Å². The number of pyridine rings is 1. The molecule has 2 aliphatic rings. The molecule has 2 aromatic heterocycles. The molecule has 9 nitrogen and oxygen atoms in total. The first-order valence-corrected chi connectivity index (χ1v) is 12.5. The Labute approximate surface area is 211 Å². The quantitative estimate of drug-likeness (QED) is 0.491. The third-order valence-electron chi connectivity index (χ3n) is 7.20. The molecule has 2 aliphatic heterocycles. The molecule has 0 radical (unpaired) electrons. The molecule has 9 heteroatoms. The lowest BCUT2D eigenvalue weighted by molar-refractivity contribution is -0.129. The molecule has 1 aromatic carbocycles. The van der Waals surface area contributed by atoms with E-state index in [-0.39, 0.29) is 11.9 Å². The van der Waals surface area contributed by atoms with Gasteiger partial charge in [0.05, 0.1) is 23.4 Å². The second kappa shape index (κ2) is 9.81. The summed E-state index contributed by atoms with van der Waals surface area (Å²) in [5, 5.41) is 1.11. The van der Waals surface area contributed by atoms with Gasteiger partial charge in [0, 0.05) is 63.7 Å². The van der Waals surface area contributed by atoms with Crippen molar-refractivity contribution in [1.29, 1.82) is 0 Å². The van der Waals surface area contributed by atoms with E-state index in [0.29, 0.717) is 45.2 Å². The van der Waals surface area contributed by atoms with Crippen molar-refractivity contribution in [3.8, 4) is 0 Å². The Morgan fingerprint density at radius 3 is 2.53 bits per heavy atom. The molecule has 0 N–H and O–H groups in total. The Morgan fingerprint density at radius 1 is 1.08 bits per heavy atom. The van der Waals surface area contributed by atoms with Crippen LogP contribution in [0.3, 0.4) is 0 Å². The van der Waals surface area contributed by atoms with Crippen molar-refractivity contribution in [3.05, 3.63) is 53.3 Å². The predicted octanol–water partition coefficient (Wildman–Crippen LogP) is 2.79. The van der Waals surface area contributed by atoms with Crippen LogP contribution >= 0.6 is 0 Å². The highest BCUT2D eigenvalue weighted by Crippen LogP contribution is 2.38. The summed E-state index contributed by atoms with van der Waals surface area (Å²) in [7, 11) is 2.02. The lowest BCUT2D eigenvalue weighted by Gasteiger charge is -2.35. The van der Waals surface area contributed by atoms with Crippen molar-refractivity contribution in [2.45, 2.75) is 45.9 Å². The summed E-state index contributed by atoms with van der Waals surface area (Å²) in [5.74, 6) is 1.53. The molecule has 5 rings (SSSR count). The first-order chi connectivity index (χ1) is 17.4. The van der Waals surface area contributed by atoms with E-state index in [1.807, 2.05) is 30.1 Å². The van der Waals surface area contributed by atoms with Crippen molar-refractivity contribution < 1.29 is 9.59 Å². The number of nitrogens with zero attached hydrogens (tertiary/aromatic N) is 7. The van der Waals surface area contributed by atoms with Gasteiger partial charge in [-0.1, -0.05) is 24.3 Å². The zero-order chi connectivity index (χ0) is 25.4. The Hall–Kier alpha value is -3.59. The molecule has 1 fully saturated rings. The summed E-state index contributed by atoms with van der Waals surface area (Å²) < 4.78 is 0. The first-order valence-electron chi connectivity index (χ1n) is 12.5. The van der Waals surface area contributed by atoms with Crippen LogP contribution in [0.2, 0.25) is 0 Å². The van der Waals surface area contributed by atoms with E-state index in [0.717, 1.165) is 40.0 Å². The van der Waals surface area contributed by atoms with Gasteiger partial charge in [-0.2, -0.15) is 4.98 Å². The number of benzene rings is 1. The average molecular weight is 488 g/mol. The molecule has 0 aliphatic carbocycles. The number of hydrogen-bond acceptors (Lipinski definition) is 8. The highest BCUT2D eigenvalue weighted by atomic mass is 16.2. The average Bonchev–Trinajstić information content (AvgIpc) is 3.27. The minimum atomic E-state index is -0.397. The topological polar surface area (TPSA) is 85.8 Å². The zero-order valence-corrected chi connectivity index (χ0v) is 21.4. The predicted molar refractivity (Wildman–Crippen MR) is 140 cm³/mol. The number of para-hydroxylation sites is 1. The van der Waals surface area contributed by atoms with Crippen molar-refractivity contribution in [2.24, 2.45) is 0 Å². The van der Waals surface area contributed by atoms with E-state index in [1.54, 1.807) is 6.92 Å². The lowest BCUT2D eigenvalue weighted by atomic mass is 10.1. The molecular formula is C27H33N7O2. The highest BCUT2D eigenvalue weighted by Gasteiger charge is 2.37. The maximum atomic E-state index is 12.2. The monoisotopic (exact) mass is 487 g/mol. The maximum Gasteiger partial charge on any atom is 0.227 e. The molecule has 188 valence electrons. The number of fused-ring (bicyclic) bond motifs is 2. The molecule has 0 saturated carbocycles. The lowest BCUT2D eigenvalue weighted by Crippen LogP contribution is -2.48. The Morgan fingerprint density at radius 2 is 1.83 bits per heavy atom. The van der Waals surface area contributed by atoms with Crippen LogP contribution in [0.5, 0.6) is 0 Å². The zero-order valence-electron chi connectivity index (χ0n) is 21.4. The van der Waals surface area contributed by atoms with Gasteiger partial charge in [0.1, 0.15) is 18.1 Å². The van der Waals surface area contributed by atoms with Crippen LogP contribution in [-0.4, -0.2) is 76.2 Å². The van der Waals surface area contributed by atoms with Gasteiger partial charge in [-0.15, -0.1) is 0 Å². The molecule has 1 unspecified atom stereocenters. The number of carbonyl (C=O) groups is 2. The molecular weight excluding hydrogens is 454 g/mol. The summed E-state index contributed by atoms with van der Waals surface area (Å²) in [6.07, 6.45) is 0.991. The van der Waals surface area contributed by atoms with Crippen molar-refractivity contribution in [3.63, 3.8) is 0 Å². The summed E-state index contributed by atoms with van der Waals surface area (Å²) in [6.45, 7) is 9.60. The Balaban J connectivity index is 1.50. The van der Waals surface area contributed by atoms with E-state index in [1.165, 1.54) is 0 Å². The van der Waals surface area contributed by atoms with Gasteiger partial charge >= 0.3 is 0 Å². The SMILES string of the molecule is CC(=O)N1CCN(c2nc3c(c(N(C)Cc4ccc5ccccc5n4)n2)CN(C(C)C)C3C=O)CC1. The van der Waals surface area contributed by atoms with E-state index in [2.05, 4.69) is 46.7 Å². The summed E-state index contributed by atoms with van der Waals surface area (Å²) >= 11 is 0. The normalized spacial score (nSPS) is 18.1. The van der Waals surface area contributed by atoms with E-state index in [4.69, 9.17) is 15.0 Å². The fourth-order valence-corrected chi connectivity index (χ4v) is 5.15. The van der Waals surface area contributed by atoms with Crippen LogP contribution in [0.1, 0.15) is 43.8 Å². The molecule has 1 saturated heterocycles. The molecule has 1 amide bonds.